The van der Waals surface area contributed by atoms with Crippen LogP contribution >= 0.6 is 0 Å². The summed E-state index contributed by atoms with van der Waals surface area (Å²) >= 11 is 0. The van der Waals surface area contributed by atoms with Crippen LogP contribution in [0, 0.1) is 0 Å². The monoisotopic (exact) mass is 388 g/mol. The summed E-state index contributed by atoms with van der Waals surface area (Å²) in [6.07, 6.45) is 4.34. The van der Waals surface area contributed by atoms with E-state index in [-0.39, 0.29) is 18.2 Å². The minimum absolute atomic E-state index is 0.191. The number of methoxy groups -OCH3 is 1. The number of carbonyl (C=O) groups is 3. The van der Waals surface area contributed by atoms with Gasteiger partial charge in [0.15, 0.2) is 0 Å². The van der Waals surface area contributed by atoms with Gasteiger partial charge in [0.1, 0.15) is 11.3 Å². The molecule has 0 aromatic heterocycles. The van der Waals surface area contributed by atoms with Gasteiger partial charge in [-0.05, 0) is 37.6 Å². The number of nitrogens with zero attached hydrogens (tertiary/aromatic N) is 2. The second-order valence-electron chi connectivity index (χ2n) is 7.58. The van der Waals surface area contributed by atoms with Gasteiger partial charge < -0.3 is 15.0 Å². The molecular weight excluding hydrogens is 360 g/mol. The average Bonchev–Trinajstić information content (AvgIpc) is 2.91. The van der Waals surface area contributed by atoms with E-state index in [2.05, 4.69) is 10.7 Å². The van der Waals surface area contributed by atoms with E-state index in [0.717, 1.165) is 35.6 Å². The summed E-state index contributed by atoms with van der Waals surface area (Å²) in [4.78, 5) is 39.1. The quantitative estimate of drug-likeness (QED) is 0.695. The number of carbonyl (C=O) groups excluding carboxylic acids is 3. The van der Waals surface area contributed by atoms with Gasteiger partial charge in [-0.3, -0.25) is 15.0 Å². The molecule has 1 aromatic carbocycles. The lowest BCUT2D eigenvalue weighted by atomic mass is 9.82. The second-order valence-corrected chi connectivity index (χ2v) is 7.58. The molecule has 1 saturated heterocycles. The summed E-state index contributed by atoms with van der Waals surface area (Å²) in [5.74, 6) is 0.116. The average molecular weight is 388 g/mol. The standard InChI is InChI=1S/C20H28N4O4/c1-23(14-15-6-8-16(28-2)9-7-15)13-10-17(25)22-24-18(26)20(21-19(24)27)11-4-3-5-12-20/h6-9H,3-5,10-14H2,1-2H3,(H,21,27)(H,22,25). The fourth-order valence-corrected chi connectivity index (χ4v) is 3.81. The molecule has 1 aliphatic carbocycles. The number of amides is 4. The van der Waals surface area contributed by atoms with Gasteiger partial charge in [-0.25, -0.2) is 4.79 Å². The molecule has 152 valence electrons. The maximum atomic E-state index is 12.7. The summed E-state index contributed by atoms with van der Waals surface area (Å²) < 4.78 is 5.14. The lowest BCUT2D eigenvalue weighted by Gasteiger charge is -2.30. The van der Waals surface area contributed by atoms with Gasteiger partial charge in [0.05, 0.1) is 7.11 Å². The van der Waals surface area contributed by atoms with Crippen LogP contribution in [-0.4, -0.2) is 54.0 Å². The van der Waals surface area contributed by atoms with E-state index in [9.17, 15) is 14.4 Å². The molecule has 4 amide bonds. The van der Waals surface area contributed by atoms with Gasteiger partial charge >= 0.3 is 6.03 Å². The highest BCUT2D eigenvalue weighted by Crippen LogP contribution is 2.32. The highest BCUT2D eigenvalue weighted by molar-refractivity contribution is 6.08. The lowest BCUT2D eigenvalue weighted by molar-refractivity contribution is -0.140. The highest BCUT2D eigenvalue weighted by Gasteiger charge is 2.52. The van der Waals surface area contributed by atoms with E-state index in [1.54, 1.807) is 7.11 Å². The molecule has 1 aliphatic heterocycles. The zero-order valence-electron chi connectivity index (χ0n) is 16.5. The molecule has 1 spiro atoms. The number of rotatable bonds is 7. The predicted molar refractivity (Wildman–Crippen MR) is 103 cm³/mol. The Morgan fingerprint density at radius 2 is 1.89 bits per heavy atom. The fraction of sp³-hybridized carbons (Fsp3) is 0.550. The third-order valence-electron chi connectivity index (χ3n) is 5.44. The van der Waals surface area contributed by atoms with Gasteiger partial charge in [0.2, 0.25) is 5.91 Å². The van der Waals surface area contributed by atoms with Crippen molar-refractivity contribution in [3.63, 3.8) is 0 Å². The van der Waals surface area contributed by atoms with Crippen LogP contribution in [-0.2, 0) is 16.1 Å². The fourth-order valence-electron chi connectivity index (χ4n) is 3.81. The molecule has 3 rings (SSSR count). The molecule has 28 heavy (non-hydrogen) atoms. The molecule has 2 aliphatic rings. The Morgan fingerprint density at radius 1 is 1.21 bits per heavy atom. The zero-order chi connectivity index (χ0) is 20.1. The number of hydrogen-bond donors (Lipinski definition) is 2. The Bertz CT molecular complexity index is 728. The first-order valence-electron chi connectivity index (χ1n) is 9.71. The molecule has 8 heteroatoms. The lowest BCUT2D eigenvalue weighted by Crippen LogP contribution is -2.51. The maximum Gasteiger partial charge on any atom is 0.344 e. The topological polar surface area (TPSA) is 91.0 Å². The minimum atomic E-state index is -0.826. The van der Waals surface area contributed by atoms with Crippen molar-refractivity contribution in [1.29, 1.82) is 0 Å². The van der Waals surface area contributed by atoms with E-state index < -0.39 is 11.6 Å². The van der Waals surface area contributed by atoms with Crippen molar-refractivity contribution in [2.45, 2.75) is 50.6 Å². The van der Waals surface area contributed by atoms with Crippen LogP contribution in [0.3, 0.4) is 0 Å². The summed E-state index contributed by atoms with van der Waals surface area (Å²) in [5.41, 5.74) is 2.76. The molecule has 1 saturated carbocycles. The first-order valence-corrected chi connectivity index (χ1v) is 9.71. The van der Waals surface area contributed by atoms with E-state index in [1.807, 2.05) is 36.2 Å². The number of imide groups is 1. The van der Waals surface area contributed by atoms with Crippen LogP contribution in [0.25, 0.3) is 0 Å². The van der Waals surface area contributed by atoms with Crippen molar-refractivity contribution in [3.8, 4) is 5.75 Å². The number of hydrazine groups is 1. The van der Waals surface area contributed by atoms with Crippen LogP contribution < -0.4 is 15.5 Å². The smallest absolute Gasteiger partial charge is 0.344 e. The molecule has 8 nitrogen and oxygen atoms in total. The van der Waals surface area contributed by atoms with Gasteiger partial charge in [-0.15, -0.1) is 0 Å². The van der Waals surface area contributed by atoms with Crippen molar-refractivity contribution < 1.29 is 19.1 Å². The number of urea groups is 1. The normalized spacial score (nSPS) is 18.5. The van der Waals surface area contributed by atoms with Crippen molar-refractivity contribution >= 4 is 17.8 Å². The van der Waals surface area contributed by atoms with E-state index >= 15 is 0 Å². The number of ether oxygens (including phenoxy) is 1. The molecule has 0 atom stereocenters. The molecule has 1 heterocycles. The van der Waals surface area contributed by atoms with Gasteiger partial charge in [0.25, 0.3) is 5.91 Å². The summed E-state index contributed by atoms with van der Waals surface area (Å²) in [6.45, 7) is 1.19. The van der Waals surface area contributed by atoms with Gasteiger partial charge in [-0.1, -0.05) is 31.4 Å². The van der Waals surface area contributed by atoms with Crippen molar-refractivity contribution in [2.24, 2.45) is 0 Å². The van der Waals surface area contributed by atoms with Gasteiger partial charge in [0, 0.05) is 19.5 Å². The van der Waals surface area contributed by atoms with Gasteiger partial charge in [-0.2, -0.15) is 5.01 Å². The number of nitrogens with one attached hydrogen (secondary N) is 2. The molecular formula is C20H28N4O4. The summed E-state index contributed by atoms with van der Waals surface area (Å²) in [5, 5.41) is 3.64. The summed E-state index contributed by atoms with van der Waals surface area (Å²) in [6, 6.07) is 7.22. The number of hydrogen-bond acceptors (Lipinski definition) is 5. The second kappa shape index (κ2) is 8.60. The predicted octanol–water partition coefficient (Wildman–Crippen LogP) is 1.80. The number of benzene rings is 1. The largest absolute Gasteiger partial charge is 0.497 e. The SMILES string of the molecule is COc1ccc(CN(C)CCC(=O)NN2C(=O)NC3(CCCCC3)C2=O)cc1. The van der Waals surface area contributed by atoms with Crippen molar-refractivity contribution in [2.75, 3.05) is 20.7 Å². The van der Waals surface area contributed by atoms with Crippen molar-refractivity contribution in [3.05, 3.63) is 29.8 Å². The first-order chi connectivity index (χ1) is 13.4. The first kappa shape index (κ1) is 20.1. The molecule has 0 unspecified atom stereocenters. The van der Waals surface area contributed by atoms with Crippen LogP contribution in [0.4, 0.5) is 4.79 Å². The van der Waals surface area contributed by atoms with E-state index in [0.29, 0.717) is 25.9 Å². The van der Waals surface area contributed by atoms with Crippen LogP contribution in [0.5, 0.6) is 5.75 Å². The Balaban J connectivity index is 1.47. The van der Waals surface area contributed by atoms with Crippen LogP contribution in [0.15, 0.2) is 24.3 Å². The third kappa shape index (κ3) is 4.44. The Kier molecular flexibility index (Phi) is 6.18. The highest BCUT2D eigenvalue weighted by atomic mass is 16.5. The molecule has 2 N–H and O–H groups in total. The van der Waals surface area contributed by atoms with Crippen LogP contribution in [0.1, 0.15) is 44.1 Å². The molecule has 1 aromatic rings. The van der Waals surface area contributed by atoms with E-state index in [4.69, 9.17) is 4.74 Å². The minimum Gasteiger partial charge on any atom is -0.497 e. The molecule has 0 radical (unpaired) electrons. The third-order valence-corrected chi connectivity index (χ3v) is 5.44. The van der Waals surface area contributed by atoms with E-state index in [1.165, 1.54) is 0 Å². The van der Waals surface area contributed by atoms with Crippen molar-refractivity contribution in [1.82, 2.24) is 20.7 Å². The van der Waals surface area contributed by atoms with Crippen LogP contribution in [0.2, 0.25) is 0 Å². The Morgan fingerprint density at radius 3 is 2.54 bits per heavy atom. The Labute approximate surface area is 165 Å². The maximum absolute atomic E-state index is 12.7. The Hall–Kier alpha value is -2.61. The molecule has 2 fully saturated rings. The molecule has 0 bridgehead atoms. The zero-order valence-corrected chi connectivity index (χ0v) is 16.5. The summed E-state index contributed by atoms with van der Waals surface area (Å²) in [7, 11) is 3.55.